The topological polar surface area (TPSA) is 19.4 Å². The first-order chi connectivity index (χ1) is 8.75. The SMILES string of the molecule is Cc1cccc2c(N3CCN(C)CC3)ccnc12. The molecule has 0 saturated carbocycles. The van der Waals surface area contributed by atoms with Gasteiger partial charge in [-0.15, -0.1) is 0 Å². The van der Waals surface area contributed by atoms with Gasteiger partial charge in [0.1, 0.15) is 0 Å². The zero-order chi connectivity index (χ0) is 12.5. The fraction of sp³-hybridized carbons (Fsp3) is 0.400. The molecule has 0 atom stereocenters. The fourth-order valence-corrected chi connectivity index (χ4v) is 2.63. The zero-order valence-electron chi connectivity index (χ0n) is 11.1. The molecule has 0 spiro atoms. The molecule has 1 fully saturated rings. The van der Waals surface area contributed by atoms with Gasteiger partial charge < -0.3 is 9.80 Å². The van der Waals surface area contributed by atoms with Gasteiger partial charge in [-0.2, -0.15) is 0 Å². The van der Waals surface area contributed by atoms with E-state index in [9.17, 15) is 0 Å². The van der Waals surface area contributed by atoms with Gasteiger partial charge in [-0.25, -0.2) is 0 Å². The van der Waals surface area contributed by atoms with Crippen molar-refractivity contribution in [3.63, 3.8) is 0 Å². The summed E-state index contributed by atoms with van der Waals surface area (Å²) >= 11 is 0. The maximum atomic E-state index is 4.51. The summed E-state index contributed by atoms with van der Waals surface area (Å²) in [7, 11) is 2.19. The van der Waals surface area contributed by atoms with Crippen LogP contribution in [0.5, 0.6) is 0 Å². The first-order valence-corrected chi connectivity index (χ1v) is 6.53. The molecular weight excluding hydrogens is 222 g/mol. The number of anilines is 1. The molecule has 0 aliphatic carbocycles. The van der Waals surface area contributed by atoms with Crippen molar-refractivity contribution >= 4 is 16.6 Å². The highest BCUT2D eigenvalue weighted by Crippen LogP contribution is 2.27. The van der Waals surface area contributed by atoms with Crippen LogP contribution in [-0.4, -0.2) is 43.1 Å². The second-order valence-electron chi connectivity index (χ2n) is 5.09. The molecule has 1 aromatic carbocycles. The third-order valence-electron chi connectivity index (χ3n) is 3.79. The number of para-hydroxylation sites is 1. The summed E-state index contributed by atoms with van der Waals surface area (Å²) in [6.07, 6.45) is 1.93. The third-order valence-corrected chi connectivity index (χ3v) is 3.79. The van der Waals surface area contributed by atoms with Crippen LogP contribution in [0.3, 0.4) is 0 Å². The van der Waals surface area contributed by atoms with E-state index in [-0.39, 0.29) is 0 Å². The number of rotatable bonds is 1. The lowest BCUT2D eigenvalue weighted by Gasteiger charge is -2.34. The maximum Gasteiger partial charge on any atom is 0.0751 e. The quantitative estimate of drug-likeness (QED) is 0.763. The summed E-state index contributed by atoms with van der Waals surface area (Å²) in [6.45, 7) is 6.60. The Bertz CT molecular complexity index is 557. The summed E-state index contributed by atoms with van der Waals surface area (Å²) in [5.41, 5.74) is 3.72. The zero-order valence-corrected chi connectivity index (χ0v) is 11.1. The number of fused-ring (bicyclic) bond motifs is 1. The number of likely N-dealkylation sites (N-methyl/N-ethyl adjacent to an activating group) is 1. The molecule has 94 valence electrons. The second-order valence-corrected chi connectivity index (χ2v) is 5.09. The van der Waals surface area contributed by atoms with E-state index in [0.717, 1.165) is 31.7 Å². The average molecular weight is 241 g/mol. The summed E-state index contributed by atoms with van der Waals surface area (Å²) in [6, 6.07) is 8.58. The predicted octanol–water partition coefficient (Wildman–Crippen LogP) is 2.30. The molecule has 3 nitrogen and oxygen atoms in total. The van der Waals surface area contributed by atoms with Gasteiger partial charge in [0.05, 0.1) is 5.52 Å². The monoisotopic (exact) mass is 241 g/mol. The number of hydrogen-bond acceptors (Lipinski definition) is 3. The van der Waals surface area contributed by atoms with E-state index in [4.69, 9.17) is 0 Å². The Kier molecular flexibility index (Phi) is 2.92. The van der Waals surface area contributed by atoms with Crippen LogP contribution in [0, 0.1) is 6.92 Å². The van der Waals surface area contributed by atoms with Crippen molar-refractivity contribution in [2.45, 2.75) is 6.92 Å². The molecule has 1 aromatic heterocycles. The van der Waals surface area contributed by atoms with Crippen molar-refractivity contribution in [3.8, 4) is 0 Å². The Hall–Kier alpha value is -1.61. The molecule has 2 aromatic rings. The molecule has 0 radical (unpaired) electrons. The van der Waals surface area contributed by atoms with Crippen molar-refractivity contribution in [1.29, 1.82) is 0 Å². The van der Waals surface area contributed by atoms with Crippen LogP contribution in [0.4, 0.5) is 5.69 Å². The lowest BCUT2D eigenvalue weighted by molar-refractivity contribution is 0.313. The van der Waals surface area contributed by atoms with Gasteiger partial charge in [-0.3, -0.25) is 4.98 Å². The summed E-state index contributed by atoms with van der Waals surface area (Å²) in [5.74, 6) is 0. The van der Waals surface area contributed by atoms with Crippen molar-refractivity contribution in [2.75, 3.05) is 38.1 Å². The van der Waals surface area contributed by atoms with Crippen molar-refractivity contribution in [1.82, 2.24) is 9.88 Å². The number of pyridine rings is 1. The normalized spacial score (nSPS) is 17.3. The molecule has 2 heterocycles. The van der Waals surface area contributed by atoms with E-state index >= 15 is 0 Å². The van der Waals surface area contributed by atoms with E-state index in [2.05, 4.69) is 53.0 Å². The van der Waals surface area contributed by atoms with E-state index < -0.39 is 0 Å². The highest BCUT2D eigenvalue weighted by atomic mass is 15.2. The number of piperazine rings is 1. The van der Waals surface area contributed by atoms with Crippen molar-refractivity contribution < 1.29 is 0 Å². The van der Waals surface area contributed by atoms with Crippen LogP contribution < -0.4 is 4.90 Å². The maximum absolute atomic E-state index is 4.51. The molecule has 0 N–H and O–H groups in total. The average Bonchev–Trinajstić information content (AvgIpc) is 2.40. The molecule has 0 bridgehead atoms. The molecule has 3 rings (SSSR count). The van der Waals surface area contributed by atoms with Gasteiger partial charge in [0.15, 0.2) is 0 Å². The molecule has 0 unspecified atom stereocenters. The fourth-order valence-electron chi connectivity index (χ4n) is 2.63. The van der Waals surface area contributed by atoms with Crippen LogP contribution in [0.25, 0.3) is 10.9 Å². The number of nitrogens with zero attached hydrogens (tertiary/aromatic N) is 3. The Balaban J connectivity index is 2.04. The number of benzene rings is 1. The number of hydrogen-bond donors (Lipinski definition) is 0. The minimum absolute atomic E-state index is 1.10. The summed E-state index contributed by atoms with van der Waals surface area (Å²) in [4.78, 5) is 9.37. The van der Waals surface area contributed by atoms with E-state index in [1.54, 1.807) is 0 Å². The Labute approximate surface area is 108 Å². The number of aromatic nitrogens is 1. The highest BCUT2D eigenvalue weighted by molar-refractivity contribution is 5.93. The smallest absolute Gasteiger partial charge is 0.0751 e. The standard InChI is InChI=1S/C15H19N3/c1-12-4-3-5-13-14(6-7-16-15(12)13)18-10-8-17(2)9-11-18/h3-7H,8-11H2,1-2H3. The van der Waals surface area contributed by atoms with Crippen molar-refractivity contribution in [2.24, 2.45) is 0 Å². The van der Waals surface area contributed by atoms with Crippen LogP contribution >= 0.6 is 0 Å². The molecule has 3 heteroatoms. The highest BCUT2D eigenvalue weighted by Gasteiger charge is 2.16. The van der Waals surface area contributed by atoms with Gasteiger partial charge >= 0.3 is 0 Å². The first-order valence-electron chi connectivity index (χ1n) is 6.53. The Morgan fingerprint density at radius 3 is 2.61 bits per heavy atom. The minimum Gasteiger partial charge on any atom is -0.368 e. The molecule has 1 saturated heterocycles. The Morgan fingerprint density at radius 2 is 1.83 bits per heavy atom. The van der Waals surface area contributed by atoms with Crippen LogP contribution in [0.2, 0.25) is 0 Å². The van der Waals surface area contributed by atoms with Crippen LogP contribution in [0.1, 0.15) is 5.56 Å². The van der Waals surface area contributed by atoms with E-state index in [1.807, 2.05) is 6.20 Å². The number of aryl methyl sites for hydroxylation is 1. The largest absolute Gasteiger partial charge is 0.368 e. The summed E-state index contributed by atoms with van der Waals surface area (Å²) < 4.78 is 0. The van der Waals surface area contributed by atoms with Gasteiger partial charge in [0, 0.05) is 43.4 Å². The van der Waals surface area contributed by atoms with Gasteiger partial charge in [0.2, 0.25) is 0 Å². The Morgan fingerprint density at radius 1 is 1.06 bits per heavy atom. The molecule has 0 amide bonds. The second kappa shape index (κ2) is 4.58. The van der Waals surface area contributed by atoms with E-state index in [1.165, 1.54) is 16.6 Å². The van der Waals surface area contributed by atoms with Gasteiger partial charge in [0.25, 0.3) is 0 Å². The molecular formula is C15H19N3. The van der Waals surface area contributed by atoms with Crippen LogP contribution in [0.15, 0.2) is 30.5 Å². The van der Waals surface area contributed by atoms with Gasteiger partial charge in [-0.05, 0) is 25.6 Å². The van der Waals surface area contributed by atoms with E-state index in [0.29, 0.717) is 0 Å². The van der Waals surface area contributed by atoms with Crippen LogP contribution in [-0.2, 0) is 0 Å². The first kappa shape index (κ1) is 11.5. The minimum atomic E-state index is 1.10. The lowest BCUT2D eigenvalue weighted by atomic mass is 10.1. The molecule has 1 aliphatic heterocycles. The lowest BCUT2D eigenvalue weighted by Crippen LogP contribution is -2.44. The molecule has 18 heavy (non-hydrogen) atoms. The summed E-state index contributed by atoms with van der Waals surface area (Å²) in [5, 5.41) is 1.28. The third kappa shape index (κ3) is 1.95. The predicted molar refractivity (Wildman–Crippen MR) is 76.2 cm³/mol. The van der Waals surface area contributed by atoms with Crippen molar-refractivity contribution in [3.05, 3.63) is 36.0 Å². The molecule has 1 aliphatic rings. The van der Waals surface area contributed by atoms with Gasteiger partial charge in [-0.1, -0.05) is 18.2 Å².